The standard InChI is InChI=1S/C16H22N2O2/c1-11-4-5-12(2)14(10-11)16(20)13(3)18-8-6-15(19)17-7-9-18/h4-5,10,13H,6-9H2,1-3H3,(H,17,19). The molecule has 0 bridgehead atoms. The third-order valence-electron chi connectivity index (χ3n) is 3.93. The zero-order valence-electron chi connectivity index (χ0n) is 12.4. The van der Waals surface area contributed by atoms with E-state index in [1.807, 2.05) is 39.0 Å². The third kappa shape index (κ3) is 3.25. The fourth-order valence-corrected chi connectivity index (χ4v) is 2.56. The Bertz CT molecular complexity index is 525. The third-order valence-corrected chi connectivity index (χ3v) is 3.93. The number of hydrogen-bond acceptors (Lipinski definition) is 3. The molecule has 1 atom stereocenters. The Morgan fingerprint density at radius 2 is 2.05 bits per heavy atom. The second-order valence-corrected chi connectivity index (χ2v) is 5.49. The first-order chi connectivity index (χ1) is 9.49. The quantitative estimate of drug-likeness (QED) is 0.853. The van der Waals surface area contributed by atoms with Crippen LogP contribution in [-0.4, -0.2) is 42.3 Å². The summed E-state index contributed by atoms with van der Waals surface area (Å²) in [6.07, 6.45) is 0.463. The van der Waals surface area contributed by atoms with Gasteiger partial charge in [0.25, 0.3) is 0 Å². The number of ketones is 1. The molecule has 1 N–H and O–H groups in total. The van der Waals surface area contributed by atoms with E-state index >= 15 is 0 Å². The summed E-state index contributed by atoms with van der Waals surface area (Å²) in [5.41, 5.74) is 2.90. The molecule has 0 spiro atoms. The first-order valence-electron chi connectivity index (χ1n) is 7.11. The van der Waals surface area contributed by atoms with Crippen molar-refractivity contribution < 1.29 is 9.59 Å². The van der Waals surface area contributed by atoms with Crippen LogP contribution in [0, 0.1) is 13.8 Å². The molecule has 0 aliphatic carbocycles. The van der Waals surface area contributed by atoms with Crippen molar-refractivity contribution in [2.75, 3.05) is 19.6 Å². The average Bonchev–Trinajstić information content (AvgIpc) is 2.64. The average molecular weight is 274 g/mol. The minimum Gasteiger partial charge on any atom is -0.355 e. The predicted octanol–water partition coefficient (Wildman–Crippen LogP) is 1.70. The van der Waals surface area contributed by atoms with Crippen LogP contribution in [-0.2, 0) is 4.79 Å². The molecule has 1 aliphatic rings. The molecule has 1 aliphatic heterocycles. The number of amides is 1. The molecule has 1 aromatic carbocycles. The highest BCUT2D eigenvalue weighted by molar-refractivity contribution is 6.01. The molecule has 0 radical (unpaired) electrons. The summed E-state index contributed by atoms with van der Waals surface area (Å²) in [4.78, 5) is 26.1. The smallest absolute Gasteiger partial charge is 0.221 e. The van der Waals surface area contributed by atoms with E-state index in [0.717, 1.165) is 23.2 Å². The van der Waals surface area contributed by atoms with E-state index in [-0.39, 0.29) is 17.7 Å². The number of carbonyl (C=O) groups excluding carboxylic acids is 2. The SMILES string of the molecule is Cc1ccc(C)c(C(=O)C(C)N2CCNC(=O)CC2)c1. The fourth-order valence-electron chi connectivity index (χ4n) is 2.56. The second-order valence-electron chi connectivity index (χ2n) is 5.49. The van der Waals surface area contributed by atoms with E-state index in [1.54, 1.807) is 0 Å². The monoisotopic (exact) mass is 274 g/mol. The van der Waals surface area contributed by atoms with Gasteiger partial charge in [-0.3, -0.25) is 14.5 Å². The van der Waals surface area contributed by atoms with E-state index in [4.69, 9.17) is 0 Å². The van der Waals surface area contributed by atoms with Crippen LogP contribution >= 0.6 is 0 Å². The van der Waals surface area contributed by atoms with Crippen LogP contribution in [0.25, 0.3) is 0 Å². The van der Waals surface area contributed by atoms with E-state index in [9.17, 15) is 9.59 Å². The van der Waals surface area contributed by atoms with Crippen LogP contribution in [0.2, 0.25) is 0 Å². The van der Waals surface area contributed by atoms with Crippen molar-refractivity contribution in [3.8, 4) is 0 Å². The van der Waals surface area contributed by atoms with Gasteiger partial charge >= 0.3 is 0 Å². The molecule has 2 rings (SSSR count). The molecule has 1 aromatic rings. The van der Waals surface area contributed by atoms with Crippen molar-refractivity contribution in [2.45, 2.75) is 33.2 Å². The summed E-state index contributed by atoms with van der Waals surface area (Å²) in [5, 5.41) is 2.84. The molecule has 1 amide bonds. The van der Waals surface area contributed by atoms with Gasteiger partial charge in [-0.1, -0.05) is 17.7 Å². The number of carbonyl (C=O) groups is 2. The van der Waals surface area contributed by atoms with Crippen molar-refractivity contribution in [1.82, 2.24) is 10.2 Å². The maximum absolute atomic E-state index is 12.7. The zero-order valence-corrected chi connectivity index (χ0v) is 12.4. The Labute approximate surface area is 120 Å². The lowest BCUT2D eigenvalue weighted by molar-refractivity contribution is -0.120. The van der Waals surface area contributed by atoms with E-state index in [2.05, 4.69) is 10.2 Å². The molecule has 0 saturated carbocycles. The number of nitrogens with one attached hydrogen (secondary N) is 1. The number of aryl methyl sites for hydroxylation is 2. The van der Waals surface area contributed by atoms with Crippen LogP contribution in [0.5, 0.6) is 0 Å². The molecule has 1 heterocycles. The highest BCUT2D eigenvalue weighted by Gasteiger charge is 2.25. The molecule has 20 heavy (non-hydrogen) atoms. The highest BCUT2D eigenvalue weighted by Crippen LogP contribution is 2.16. The summed E-state index contributed by atoms with van der Waals surface area (Å²) < 4.78 is 0. The maximum Gasteiger partial charge on any atom is 0.221 e. The van der Waals surface area contributed by atoms with Crippen LogP contribution in [0.15, 0.2) is 18.2 Å². The Morgan fingerprint density at radius 1 is 1.30 bits per heavy atom. The van der Waals surface area contributed by atoms with Crippen molar-refractivity contribution in [1.29, 1.82) is 0 Å². The number of benzene rings is 1. The van der Waals surface area contributed by atoms with E-state index < -0.39 is 0 Å². The topological polar surface area (TPSA) is 49.4 Å². The summed E-state index contributed by atoms with van der Waals surface area (Å²) in [7, 11) is 0. The van der Waals surface area contributed by atoms with Crippen molar-refractivity contribution >= 4 is 11.7 Å². The van der Waals surface area contributed by atoms with Gasteiger partial charge in [-0.05, 0) is 32.4 Å². The Hall–Kier alpha value is -1.68. The van der Waals surface area contributed by atoms with Crippen molar-refractivity contribution in [2.24, 2.45) is 0 Å². The number of hydrogen-bond donors (Lipinski definition) is 1. The summed E-state index contributed by atoms with van der Waals surface area (Å²) in [5.74, 6) is 0.208. The van der Waals surface area contributed by atoms with Gasteiger partial charge in [0.1, 0.15) is 0 Å². The fraction of sp³-hybridized carbons (Fsp3) is 0.500. The molecule has 1 saturated heterocycles. The lowest BCUT2D eigenvalue weighted by Gasteiger charge is -2.26. The Kier molecular flexibility index (Phi) is 4.55. The number of Topliss-reactive ketones (excluding diaryl/α,β-unsaturated/α-hetero) is 1. The molecule has 1 fully saturated rings. The zero-order chi connectivity index (χ0) is 14.7. The van der Waals surface area contributed by atoms with Crippen LogP contribution in [0.4, 0.5) is 0 Å². The lowest BCUT2D eigenvalue weighted by atomic mass is 9.97. The normalized spacial score (nSPS) is 18.2. The second kappa shape index (κ2) is 6.18. The van der Waals surface area contributed by atoms with Gasteiger partial charge < -0.3 is 5.32 Å². The summed E-state index contributed by atoms with van der Waals surface area (Å²) >= 11 is 0. The van der Waals surface area contributed by atoms with Crippen molar-refractivity contribution in [3.05, 3.63) is 34.9 Å². The molecule has 108 valence electrons. The highest BCUT2D eigenvalue weighted by atomic mass is 16.1. The summed E-state index contributed by atoms with van der Waals surface area (Å²) in [6, 6.07) is 5.77. The Balaban J connectivity index is 2.15. The van der Waals surface area contributed by atoms with Gasteiger partial charge in [-0.15, -0.1) is 0 Å². The van der Waals surface area contributed by atoms with Gasteiger partial charge in [0.15, 0.2) is 5.78 Å². The van der Waals surface area contributed by atoms with Crippen molar-refractivity contribution in [3.63, 3.8) is 0 Å². The van der Waals surface area contributed by atoms with E-state index in [0.29, 0.717) is 19.5 Å². The van der Waals surface area contributed by atoms with Gasteiger partial charge in [0, 0.05) is 31.6 Å². The predicted molar refractivity (Wildman–Crippen MR) is 78.9 cm³/mol. The van der Waals surface area contributed by atoms with Gasteiger partial charge in [0.2, 0.25) is 5.91 Å². The Morgan fingerprint density at radius 3 is 2.80 bits per heavy atom. The first kappa shape index (κ1) is 14.7. The van der Waals surface area contributed by atoms with E-state index in [1.165, 1.54) is 0 Å². The van der Waals surface area contributed by atoms with Crippen LogP contribution in [0.1, 0.15) is 34.8 Å². The number of nitrogens with zero attached hydrogens (tertiary/aromatic N) is 1. The van der Waals surface area contributed by atoms with Gasteiger partial charge in [-0.25, -0.2) is 0 Å². The molecule has 1 unspecified atom stereocenters. The minimum atomic E-state index is -0.191. The largest absolute Gasteiger partial charge is 0.355 e. The summed E-state index contributed by atoms with van der Waals surface area (Å²) in [6.45, 7) is 7.87. The van der Waals surface area contributed by atoms with Gasteiger partial charge in [-0.2, -0.15) is 0 Å². The molecule has 0 aromatic heterocycles. The molecular formula is C16H22N2O2. The van der Waals surface area contributed by atoms with Crippen LogP contribution < -0.4 is 5.32 Å². The lowest BCUT2D eigenvalue weighted by Crippen LogP contribution is -2.41. The van der Waals surface area contributed by atoms with Crippen LogP contribution in [0.3, 0.4) is 0 Å². The minimum absolute atomic E-state index is 0.0684. The maximum atomic E-state index is 12.7. The first-order valence-corrected chi connectivity index (χ1v) is 7.11. The van der Waals surface area contributed by atoms with Gasteiger partial charge in [0.05, 0.1) is 6.04 Å². The molecular weight excluding hydrogens is 252 g/mol. The number of rotatable bonds is 3. The molecule has 4 nitrogen and oxygen atoms in total. The molecule has 4 heteroatoms.